The average molecular weight is 191 g/mol. The zero-order valence-electron chi connectivity index (χ0n) is 8.66. The van der Waals surface area contributed by atoms with Gasteiger partial charge in [0.2, 0.25) is 0 Å². The highest BCUT2D eigenvalue weighted by Crippen LogP contribution is 2.15. The van der Waals surface area contributed by atoms with E-state index in [9.17, 15) is 0 Å². The van der Waals surface area contributed by atoms with Crippen LogP contribution in [0.5, 0.6) is 0 Å². The van der Waals surface area contributed by atoms with E-state index in [0.717, 1.165) is 24.6 Å². The summed E-state index contributed by atoms with van der Waals surface area (Å²) < 4.78 is 0. The van der Waals surface area contributed by atoms with Crippen LogP contribution < -0.4 is 5.32 Å². The second kappa shape index (κ2) is 4.51. The van der Waals surface area contributed by atoms with Crippen molar-refractivity contribution in [3.05, 3.63) is 23.8 Å². The van der Waals surface area contributed by atoms with Crippen LogP contribution in [-0.2, 0) is 6.42 Å². The second-order valence-electron chi connectivity index (χ2n) is 4.00. The second-order valence-corrected chi connectivity index (χ2v) is 4.00. The monoisotopic (exact) mass is 191 g/mol. The van der Waals surface area contributed by atoms with E-state index in [1.807, 2.05) is 6.92 Å². The number of aromatic nitrogens is 2. The highest BCUT2D eigenvalue weighted by atomic mass is 14.9. The van der Waals surface area contributed by atoms with E-state index < -0.39 is 0 Å². The van der Waals surface area contributed by atoms with E-state index in [1.54, 1.807) is 12.4 Å². The summed E-state index contributed by atoms with van der Waals surface area (Å²) in [6.45, 7) is 4.35. The lowest BCUT2D eigenvalue weighted by atomic mass is 9.94. The van der Waals surface area contributed by atoms with Gasteiger partial charge >= 0.3 is 0 Å². The summed E-state index contributed by atoms with van der Waals surface area (Å²) >= 11 is 0. The summed E-state index contributed by atoms with van der Waals surface area (Å²) in [5, 5.41) is 3.43. The fourth-order valence-electron chi connectivity index (χ4n) is 2.01. The first-order chi connectivity index (χ1) is 6.86. The highest BCUT2D eigenvalue weighted by molar-refractivity contribution is 5.09. The van der Waals surface area contributed by atoms with Gasteiger partial charge in [0.05, 0.1) is 11.4 Å². The van der Waals surface area contributed by atoms with E-state index in [2.05, 4.69) is 15.3 Å². The van der Waals surface area contributed by atoms with Crippen LogP contribution >= 0.6 is 0 Å². The Bertz CT molecular complexity index is 292. The molecule has 1 saturated heterocycles. The number of rotatable bonds is 2. The maximum Gasteiger partial charge on any atom is 0.0619 e. The van der Waals surface area contributed by atoms with Crippen LogP contribution in [0, 0.1) is 12.8 Å². The molecule has 1 fully saturated rings. The third-order valence-electron chi connectivity index (χ3n) is 2.86. The summed E-state index contributed by atoms with van der Waals surface area (Å²) in [5.74, 6) is 0.749. The Morgan fingerprint density at radius 1 is 1.43 bits per heavy atom. The molecule has 1 aliphatic rings. The molecule has 1 unspecified atom stereocenters. The molecule has 2 heterocycles. The topological polar surface area (TPSA) is 37.8 Å². The Morgan fingerprint density at radius 3 is 3.00 bits per heavy atom. The van der Waals surface area contributed by atoms with Crippen LogP contribution in [0.3, 0.4) is 0 Å². The molecule has 1 aliphatic heterocycles. The lowest BCUT2D eigenvalue weighted by Crippen LogP contribution is -2.31. The summed E-state index contributed by atoms with van der Waals surface area (Å²) in [6, 6.07) is 0. The van der Waals surface area contributed by atoms with Gasteiger partial charge in [-0.3, -0.25) is 9.97 Å². The van der Waals surface area contributed by atoms with Crippen LogP contribution in [0.1, 0.15) is 24.2 Å². The molecule has 0 bridgehead atoms. The van der Waals surface area contributed by atoms with Gasteiger partial charge < -0.3 is 5.32 Å². The number of hydrogen-bond donors (Lipinski definition) is 1. The molecule has 0 amide bonds. The fourth-order valence-corrected chi connectivity index (χ4v) is 2.01. The predicted octanol–water partition coefficient (Wildman–Crippen LogP) is 1.33. The first kappa shape index (κ1) is 9.59. The van der Waals surface area contributed by atoms with Crippen LogP contribution in [0.25, 0.3) is 0 Å². The molecule has 0 radical (unpaired) electrons. The Balaban J connectivity index is 1.99. The molecule has 0 aromatic carbocycles. The number of hydrogen-bond acceptors (Lipinski definition) is 3. The zero-order chi connectivity index (χ0) is 9.80. The van der Waals surface area contributed by atoms with Gasteiger partial charge in [-0.1, -0.05) is 0 Å². The molecule has 1 aromatic heterocycles. The number of piperidine rings is 1. The lowest BCUT2D eigenvalue weighted by Gasteiger charge is -2.22. The third-order valence-corrected chi connectivity index (χ3v) is 2.86. The van der Waals surface area contributed by atoms with E-state index in [4.69, 9.17) is 0 Å². The standard InChI is InChI=1S/C11H17N3/c1-9-11(14-6-5-13-9)7-10-3-2-4-12-8-10/h5-6,10,12H,2-4,7-8H2,1H3. The number of nitrogens with zero attached hydrogens (tertiary/aromatic N) is 2. The first-order valence-electron chi connectivity index (χ1n) is 5.33. The quantitative estimate of drug-likeness (QED) is 0.766. The Hall–Kier alpha value is -0.960. The van der Waals surface area contributed by atoms with Gasteiger partial charge in [-0.05, 0) is 45.2 Å². The molecule has 3 heteroatoms. The smallest absolute Gasteiger partial charge is 0.0619 e. The van der Waals surface area contributed by atoms with Crippen molar-refractivity contribution in [2.45, 2.75) is 26.2 Å². The zero-order valence-corrected chi connectivity index (χ0v) is 8.66. The van der Waals surface area contributed by atoms with E-state index in [0.29, 0.717) is 0 Å². The predicted molar refractivity (Wildman–Crippen MR) is 56.1 cm³/mol. The highest BCUT2D eigenvalue weighted by Gasteiger charge is 2.15. The molecule has 76 valence electrons. The Labute approximate surface area is 85.0 Å². The maximum atomic E-state index is 4.38. The van der Waals surface area contributed by atoms with Gasteiger partial charge in [0.25, 0.3) is 0 Å². The molecular weight excluding hydrogens is 174 g/mol. The minimum Gasteiger partial charge on any atom is -0.316 e. The van der Waals surface area contributed by atoms with Crippen molar-refractivity contribution < 1.29 is 0 Å². The average Bonchev–Trinajstić information content (AvgIpc) is 2.23. The molecule has 14 heavy (non-hydrogen) atoms. The largest absolute Gasteiger partial charge is 0.316 e. The molecular formula is C11H17N3. The molecule has 1 atom stereocenters. The SMILES string of the molecule is Cc1nccnc1CC1CCCNC1. The van der Waals surface area contributed by atoms with E-state index in [-0.39, 0.29) is 0 Å². The Morgan fingerprint density at radius 2 is 2.29 bits per heavy atom. The normalized spacial score (nSPS) is 22.2. The summed E-state index contributed by atoms with van der Waals surface area (Å²) in [4.78, 5) is 8.64. The van der Waals surface area contributed by atoms with Gasteiger partial charge in [0, 0.05) is 12.4 Å². The molecule has 0 spiro atoms. The molecule has 1 N–H and O–H groups in total. The van der Waals surface area contributed by atoms with Gasteiger partial charge in [0.1, 0.15) is 0 Å². The van der Waals surface area contributed by atoms with E-state index in [1.165, 1.54) is 25.1 Å². The fraction of sp³-hybridized carbons (Fsp3) is 0.636. The van der Waals surface area contributed by atoms with Gasteiger partial charge in [-0.25, -0.2) is 0 Å². The number of nitrogens with one attached hydrogen (secondary N) is 1. The van der Waals surface area contributed by atoms with Gasteiger partial charge in [-0.2, -0.15) is 0 Å². The van der Waals surface area contributed by atoms with Crippen molar-refractivity contribution in [3.63, 3.8) is 0 Å². The van der Waals surface area contributed by atoms with Crippen LogP contribution in [-0.4, -0.2) is 23.1 Å². The molecule has 1 aromatic rings. The lowest BCUT2D eigenvalue weighted by molar-refractivity contribution is 0.372. The van der Waals surface area contributed by atoms with Crippen molar-refractivity contribution in [3.8, 4) is 0 Å². The molecule has 0 aliphatic carbocycles. The van der Waals surface area contributed by atoms with Crippen molar-refractivity contribution in [2.24, 2.45) is 5.92 Å². The van der Waals surface area contributed by atoms with Crippen molar-refractivity contribution in [2.75, 3.05) is 13.1 Å². The maximum absolute atomic E-state index is 4.38. The number of aryl methyl sites for hydroxylation is 1. The minimum atomic E-state index is 0.749. The third kappa shape index (κ3) is 2.29. The van der Waals surface area contributed by atoms with Gasteiger partial charge in [-0.15, -0.1) is 0 Å². The van der Waals surface area contributed by atoms with Crippen molar-refractivity contribution in [1.82, 2.24) is 15.3 Å². The molecule has 2 rings (SSSR count). The first-order valence-corrected chi connectivity index (χ1v) is 5.33. The summed E-state index contributed by atoms with van der Waals surface area (Å²) in [7, 11) is 0. The van der Waals surface area contributed by atoms with E-state index >= 15 is 0 Å². The van der Waals surface area contributed by atoms with Gasteiger partial charge in [0.15, 0.2) is 0 Å². The Kier molecular flexibility index (Phi) is 3.09. The molecule has 0 saturated carbocycles. The summed E-state index contributed by atoms with van der Waals surface area (Å²) in [6.07, 6.45) is 7.25. The summed E-state index contributed by atoms with van der Waals surface area (Å²) in [5.41, 5.74) is 2.25. The van der Waals surface area contributed by atoms with Crippen molar-refractivity contribution >= 4 is 0 Å². The van der Waals surface area contributed by atoms with Crippen LogP contribution in [0.15, 0.2) is 12.4 Å². The van der Waals surface area contributed by atoms with Crippen LogP contribution in [0.4, 0.5) is 0 Å². The van der Waals surface area contributed by atoms with Crippen LogP contribution in [0.2, 0.25) is 0 Å². The molecule has 3 nitrogen and oxygen atoms in total. The minimum absolute atomic E-state index is 0.749. The van der Waals surface area contributed by atoms with Crippen molar-refractivity contribution in [1.29, 1.82) is 0 Å².